The van der Waals surface area contributed by atoms with Crippen LogP contribution in [0.2, 0.25) is 5.82 Å². The first kappa shape index (κ1) is 15.7. The fourth-order valence-electron chi connectivity index (χ4n) is 2.86. The quantitative estimate of drug-likeness (QED) is 0.571. The number of benzene rings is 1. The van der Waals surface area contributed by atoms with Gasteiger partial charge in [0.1, 0.15) is 0 Å². The summed E-state index contributed by atoms with van der Waals surface area (Å²) in [5.74, 6) is 0.807. The van der Waals surface area contributed by atoms with Crippen molar-refractivity contribution in [1.82, 2.24) is 0 Å². The molecule has 108 valence electrons. The summed E-state index contributed by atoms with van der Waals surface area (Å²) in [5.41, 5.74) is 3.36. The average Bonchev–Trinajstić information content (AvgIpc) is 2.51. The van der Waals surface area contributed by atoms with E-state index < -0.39 is 0 Å². The Hall–Kier alpha value is -1.70. The predicted molar refractivity (Wildman–Crippen MR) is 93.6 cm³/mol. The summed E-state index contributed by atoms with van der Waals surface area (Å²) in [6.07, 6.45) is 10.8. The van der Waals surface area contributed by atoms with Crippen molar-refractivity contribution in [3.8, 4) is 0 Å². The van der Waals surface area contributed by atoms with Gasteiger partial charge < -0.3 is 5.32 Å². The molecule has 0 saturated heterocycles. The molecule has 0 heterocycles. The molecule has 1 aliphatic rings. The van der Waals surface area contributed by atoms with E-state index in [4.69, 9.17) is 7.85 Å². The van der Waals surface area contributed by atoms with Crippen molar-refractivity contribution in [1.29, 1.82) is 0 Å². The Morgan fingerprint density at radius 3 is 2.71 bits per heavy atom. The van der Waals surface area contributed by atoms with E-state index in [0.29, 0.717) is 11.7 Å². The number of rotatable bonds is 5. The summed E-state index contributed by atoms with van der Waals surface area (Å²) >= 11 is 0. The van der Waals surface area contributed by atoms with Crippen molar-refractivity contribution < 1.29 is 0 Å². The normalized spacial score (nSPS) is 23.2. The minimum absolute atomic E-state index is 0.320. The van der Waals surface area contributed by atoms with Gasteiger partial charge in [-0.05, 0) is 43.0 Å². The highest BCUT2D eigenvalue weighted by atomic mass is 14.9. The molecule has 2 radical (unpaired) electrons. The van der Waals surface area contributed by atoms with Crippen molar-refractivity contribution in [2.75, 3.05) is 5.32 Å². The Morgan fingerprint density at radius 1 is 1.29 bits per heavy atom. The second-order valence-electron chi connectivity index (χ2n) is 5.75. The van der Waals surface area contributed by atoms with Crippen LogP contribution >= 0.6 is 0 Å². The maximum atomic E-state index is 6.12. The average molecular weight is 277 g/mol. The standard InChI is InChI=1S/C19H24BN/c1-3-4-13-19(21-18-11-6-5-7-12-18)15(2)16-9-8-10-17(20)14-16/h3-7,11-13,16-17,21H,2,8-10,14H2,1H3/b4-3-,19-13+. The largest absolute Gasteiger partial charge is 0.355 e. The Morgan fingerprint density at radius 2 is 2.05 bits per heavy atom. The van der Waals surface area contributed by atoms with E-state index in [-0.39, 0.29) is 0 Å². The summed E-state index contributed by atoms with van der Waals surface area (Å²) in [5, 5.41) is 3.50. The molecule has 1 aromatic carbocycles. The molecule has 1 aliphatic carbocycles. The number of para-hydroxylation sites is 1. The Kier molecular flexibility index (Phi) is 5.92. The Balaban J connectivity index is 2.13. The third-order valence-electron chi connectivity index (χ3n) is 4.06. The minimum atomic E-state index is 0.320. The first-order valence-electron chi connectivity index (χ1n) is 7.80. The third kappa shape index (κ3) is 4.66. The number of allylic oxidation sites excluding steroid dienone is 4. The van der Waals surface area contributed by atoms with Crippen LogP contribution in [-0.2, 0) is 0 Å². The zero-order valence-electron chi connectivity index (χ0n) is 12.9. The SMILES string of the molecule is [B]C1CCCC(C(=C)/C(=C\C=C/C)Nc2ccccc2)C1. The van der Waals surface area contributed by atoms with Gasteiger partial charge in [-0.15, -0.1) is 0 Å². The van der Waals surface area contributed by atoms with E-state index in [9.17, 15) is 0 Å². The van der Waals surface area contributed by atoms with Gasteiger partial charge in [0.05, 0.1) is 7.85 Å². The van der Waals surface area contributed by atoms with Crippen LogP contribution in [0.15, 0.2) is 66.4 Å². The fraction of sp³-hybridized carbons (Fsp3) is 0.368. The molecule has 0 spiro atoms. The van der Waals surface area contributed by atoms with E-state index in [1.165, 1.54) is 18.4 Å². The maximum Gasteiger partial charge on any atom is 0.0699 e. The van der Waals surface area contributed by atoms with Gasteiger partial charge in [0.15, 0.2) is 0 Å². The third-order valence-corrected chi connectivity index (χ3v) is 4.06. The second-order valence-corrected chi connectivity index (χ2v) is 5.75. The topological polar surface area (TPSA) is 12.0 Å². The number of anilines is 1. The van der Waals surface area contributed by atoms with Crippen LogP contribution < -0.4 is 5.32 Å². The minimum Gasteiger partial charge on any atom is -0.355 e. The van der Waals surface area contributed by atoms with Gasteiger partial charge in [-0.3, -0.25) is 0 Å². The number of nitrogens with one attached hydrogen (secondary N) is 1. The number of hydrogen-bond donors (Lipinski definition) is 1. The van der Waals surface area contributed by atoms with E-state index in [2.05, 4.69) is 36.2 Å². The highest BCUT2D eigenvalue weighted by Gasteiger charge is 2.22. The molecular weight excluding hydrogens is 253 g/mol. The van der Waals surface area contributed by atoms with Gasteiger partial charge in [-0.25, -0.2) is 0 Å². The van der Waals surface area contributed by atoms with Crippen LogP contribution in [0.1, 0.15) is 32.6 Å². The van der Waals surface area contributed by atoms with Crippen LogP contribution in [0.4, 0.5) is 5.69 Å². The lowest BCUT2D eigenvalue weighted by Gasteiger charge is -2.30. The number of hydrogen-bond acceptors (Lipinski definition) is 1. The fourth-order valence-corrected chi connectivity index (χ4v) is 2.86. The molecule has 2 unspecified atom stereocenters. The van der Waals surface area contributed by atoms with Crippen molar-refractivity contribution in [2.24, 2.45) is 5.92 Å². The summed E-state index contributed by atoms with van der Waals surface area (Å²) in [6, 6.07) is 10.2. The monoisotopic (exact) mass is 277 g/mol. The molecule has 2 heteroatoms. The predicted octanol–water partition coefficient (Wildman–Crippen LogP) is 5.26. The van der Waals surface area contributed by atoms with Gasteiger partial charge in [-0.1, -0.05) is 62.0 Å². The molecule has 0 bridgehead atoms. The van der Waals surface area contributed by atoms with Crippen molar-refractivity contribution in [3.05, 3.63) is 66.4 Å². The van der Waals surface area contributed by atoms with Gasteiger partial charge in [0.25, 0.3) is 0 Å². The van der Waals surface area contributed by atoms with Crippen LogP contribution in [0, 0.1) is 5.92 Å². The summed E-state index contributed by atoms with van der Waals surface area (Å²) in [7, 11) is 6.12. The lowest BCUT2D eigenvalue weighted by molar-refractivity contribution is 0.407. The summed E-state index contributed by atoms with van der Waals surface area (Å²) < 4.78 is 0. The Labute approximate surface area is 130 Å². The molecule has 1 saturated carbocycles. The molecule has 0 aromatic heterocycles. The van der Waals surface area contributed by atoms with Gasteiger partial charge in [0.2, 0.25) is 0 Å². The van der Waals surface area contributed by atoms with Crippen LogP contribution in [0.3, 0.4) is 0 Å². The molecule has 0 amide bonds. The maximum absolute atomic E-state index is 6.12. The van der Waals surface area contributed by atoms with Crippen molar-refractivity contribution in [2.45, 2.75) is 38.4 Å². The molecule has 0 aliphatic heterocycles. The lowest BCUT2D eigenvalue weighted by atomic mass is 9.69. The van der Waals surface area contributed by atoms with Crippen LogP contribution in [0.25, 0.3) is 0 Å². The van der Waals surface area contributed by atoms with Crippen LogP contribution in [-0.4, -0.2) is 7.85 Å². The van der Waals surface area contributed by atoms with E-state index >= 15 is 0 Å². The highest BCUT2D eigenvalue weighted by molar-refractivity contribution is 6.11. The van der Waals surface area contributed by atoms with Crippen LogP contribution in [0.5, 0.6) is 0 Å². The van der Waals surface area contributed by atoms with Crippen molar-refractivity contribution >= 4 is 13.5 Å². The molecule has 2 rings (SSSR count). The second kappa shape index (κ2) is 7.92. The molecule has 1 N–H and O–H groups in total. The van der Waals surface area contributed by atoms with Crippen molar-refractivity contribution in [3.63, 3.8) is 0 Å². The zero-order chi connectivity index (χ0) is 15.1. The van der Waals surface area contributed by atoms with E-state index in [0.717, 1.165) is 24.2 Å². The van der Waals surface area contributed by atoms with Gasteiger partial charge >= 0.3 is 0 Å². The smallest absolute Gasteiger partial charge is 0.0699 e. The molecular formula is C19H24BN. The first-order chi connectivity index (χ1) is 10.2. The lowest BCUT2D eigenvalue weighted by Crippen LogP contribution is -2.17. The molecule has 2 atom stereocenters. The highest BCUT2D eigenvalue weighted by Crippen LogP contribution is 2.37. The molecule has 1 fully saturated rings. The zero-order valence-corrected chi connectivity index (χ0v) is 12.9. The molecule has 21 heavy (non-hydrogen) atoms. The van der Waals surface area contributed by atoms with Gasteiger partial charge in [-0.2, -0.15) is 0 Å². The van der Waals surface area contributed by atoms with E-state index in [1.54, 1.807) is 0 Å². The van der Waals surface area contributed by atoms with Gasteiger partial charge in [0, 0.05) is 11.4 Å². The summed E-state index contributed by atoms with van der Waals surface area (Å²) in [4.78, 5) is 0. The first-order valence-corrected chi connectivity index (χ1v) is 7.80. The molecule has 1 aromatic rings. The Bertz CT molecular complexity index is 516. The summed E-state index contributed by atoms with van der Waals surface area (Å²) in [6.45, 7) is 6.37. The molecule has 1 nitrogen and oxygen atoms in total. The van der Waals surface area contributed by atoms with E-state index in [1.807, 2.05) is 31.2 Å².